The maximum absolute atomic E-state index is 7.50. The van der Waals surface area contributed by atoms with Crippen LogP contribution in [-0.2, 0) is 32.9 Å². The van der Waals surface area contributed by atoms with Gasteiger partial charge in [-0.2, -0.15) is 0 Å². The van der Waals surface area contributed by atoms with E-state index in [9.17, 15) is 0 Å². The molecule has 0 spiro atoms. The molecule has 0 aliphatic heterocycles. The fourth-order valence-corrected chi connectivity index (χ4v) is 4.73. The minimum atomic E-state index is -0.282. The Bertz CT molecular complexity index is 284. The molecule has 0 amide bonds. The van der Waals surface area contributed by atoms with Crippen LogP contribution in [0.2, 0.25) is 0 Å². The van der Waals surface area contributed by atoms with Crippen molar-refractivity contribution in [2.75, 3.05) is 0 Å². The summed E-state index contributed by atoms with van der Waals surface area (Å²) in [6, 6.07) is 0. The zero-order valence-electron chi connectivity index (χ0n) is 9.01. The number of allylic oxidation sites excluding steroid dienone is 8. The first kappa shape index (κ1) is 18.0. The molecule has 0 aromatic heterocycles. The Morgan fingerprint density at radius 1 is 0.765 bits per heavy atom. The molecule has 2 rings (SSSR count). The SMILES string of the molecule is C1=CC[C]([W][C]2=CC=CC2)=C1.[C]=O.[C]=O.[C]=O. The van der Waals surface area contributed by atoms with Gasteiger partial charge in [0, 0.05) is 0 Å². The molecule has 4 heteroatoms. The van der Waals surface area contributed by atoms with E-state index in [0.29, 0.717) is 0 Å². The van der Waals surface area contributed by atoms with Gasteiger partial charge in [0.25, 0.3) is 20.4 Å². The zero-order chi connectivity index (χ0) is 13.5. The van der Waals surface area contributed by atoms with E-state index in [1.807, 2.05) is 0 Å². The fourth-order valence-electron chi connectivity index (χ4n) is 1.17. The molecule has 0 saturated heterocycles. The second kappa shape index (κ2) is 14.7. The van der Waals surface area contributed by atoms with Crippen LogP contribution in [0.3, 0.4) is 0 Å². The normalized spacial score (nSPS) is 14.1. The first-order valence-electron chi connectivity index (χ1n) is 4.45. The third-order valence-corrected chi connectivity index (χ3v) is 5.80. The standard InChI is InChI=1S/2C5H5.3CO.W/c2*1-2-4-5-3-1;3*1-2;/h2*1-3H,4H2;;;;. The van der Waals surface area contributed by atoms with Crippen LogP contribution in [0.15, 0.2) is 44.4 Å². The molecule has 6 radical (unpaired) electrons. The van der Waals surface area contributed by atoms with E-state index in [-0.39, 0.29) is 18.6 Å². The Balaban J connectivity index is 0. The van der Waals surface area contributed by atoms with Gasteiger partial charge in [0.1, 0.15) is 0 Å². The predicted molar refractivity (Wildman–Crippen MR) is 60.8 cm³/mol. The van der Waals surface area contributed by atoms with E-state index in [0.717, 1.165) is 0 Å². The molecule has 0 fully saturated rings. The number of hydrogen-bond acceptors (Lipinski definition) is 3. The van der Waals surface area contributed by atoms with Crippen molar-refractivity contribution < 1.29 is 32.9 Å². The topological polar surface area (TPSA) is 51.2 Å². The first-order chi connectivity index (χ1) is 8.45. The van der Waals surface area contributed by atoms with Crippen molar-refractivity contribution in [1.82, 2.24) is 0 Å². The Morgan fingerprint density at radius 3 is 1.35 bits per heavy atom. The molecule has 0 bridgehead atoms. The van der Waals surface area contributed by atoms with Gasteiger partial charge in [-0.25, -0.2) is 0 Å². The van der Waals surface area contributed by atoms with E-state index in [1.165, 1.54) is 12.8 Å². The molecule has 0 aromatic rings. The van der Waals surface area contributed by atoms with Crippen LogP contribution < -0.4 is 0 Å². The molecule has 0 N–H and O–H groups in total. The summed E-state index contributed by atoms with van der Waals surface area (Å²) in [4.78, 5) is 22.5. The van der Waals surface area contributed by atoms with Gasteiger partial charge in [0.05, 0.1) is 0 Å². The minimum Gasteiger partial charge on any atom is -0.281 e. The minimum absolute atomic E-state index is 0.282. The third-order valence-electron chi connectivity index (χ3n) is 1.74. The van der Waals surface area contributed by atoms with Crippen LogP contribution in [0.4, 0.5) is 0 Å². The van der Waals surface area contributed by atoms with Gasteiger partial charge in [-0.15, -0.1) is 0 Å². The van der Waals surface area contributed by atoms with Crippen molar-refractivity contribution in [3.05, 3.63) is 44.4 Å². The fraction of sp³-hybridized carbons (Fsp3) is 0.154. The summed E-state index contributed by atoms with van der Waals surface area (Å²) < 4.78 is 3.44. The van der Waals surface area contributed by atoms with Gasteiger partial charge in [-0.1, -0.05) is 0 Å². The van der Waals surface area contributed by atoms with Crippen LogP contribution >= 0.6 is 0 Å². The van der Waals surface area contributed by atoms with Crippen molar-refractivity contribution in [1.29, 1.82) is 0 Å². The summed E-state index contributed by atoms with van der Waals surface area (Å²) >= 11 is -0.282. The van der Waals surface area contributed by atoms with Gasteiger partial charge in [0.2, 0.25) is 0 Å². The molecule has 17 heavy (non-hydrogen) atoms. The van der Waals surface area contributed by atoms with Crippen molar-refractivity contribution in [3.8, 4) is 0 Å². The number of rotatable bonds is 2. The average Bonchev–Trinajstić information content (AvgIpc) is 3.11. The molecule has 0 unspecified atom stereocenters. The first-order valence-corrected chi connectivity index (χ1v) is 7.39. The van der Waals surface area contributed by atoms with Crippen LogP contribution in [-0.4, -0.2) is 20.4 Å². The number of carbonyl (C=O) groups excluding carboxylic acids is 3. The summed E-state index contributed by atoms with van der Waals surface area (Å²) in [5, 5.41) is 0. The quantitative estimate of drug-likeness (QED) is 0.710. The number of hydrogen-bond donors (Lipinski definition) is 0. The van der Waals surface area contributed by atoms with Gasteiger partial charge in [0.15, 0.2) is 0 Å². The zero-order valence-corrected chi connectivity index (χ0v) is 11.9. The maximum atomic E-state index is 7.50. The van der Waals surface area contributed by atoms with E-state index in [4.69, 9.17) is 14.4 Å². The van der Waals surface area contributed by atoms with Crippen molar-refractivity contribution in [2.24, 2.45) is 0 Å². The smallest absolute Gasteiger partial charge is 0.281 e. The summed E-state index contributed by atoms with van der Waals surface area (Å²) in [6.45, 7) is 13.5. The summed E-state index contributed by atoms with van der Waals surface area (Å²) in [5.74, 6) is 0. The molecule has 2 aliphatic carbocycles. The molecular weight excluding hydrogens is 388 g/mol. The van der Waals surface area contributed by atoms with Crippen LogP contribution in [0.5, 0.6) is 0 Å². The largest absolute Gasteiger partial charge is 0.281 e. The van der Waals surface area contributed by atoms with Crippen LogP contribution in [0, 0.1) is 0 Å². The molecular formula is C13H10O3W. The van der Waals surface area contributed by atoms with Gasteiger partial charge >= 0.3 is 75.8 Å². The van der Waals surface area contributed by atoms with Gasteiger partial charge < -0.3 is 0 Å². The third kappa shape index (κ3) is 8.46. The Kier molecular flexibility index (Phi) is 15.6. The Labute approximate surface area is 111 Å². The van der Waals surface area contributed by atoms with Crippen molar-refractivity contribution >= 4 is 20.4 Å². The van der Waals surface area contributed by atoms with E-state index >= 15 is 0 Å². The second-order valence-electron chi connectivity index (χ2n) is 2.63. The summed E-state index contributed by atoms with van der Waals surface area (Å²) in [6.07, 6.45) is 16.0. The molecule has 2 aliphatic rings. The maximum Gasteiger partial charge on any atom is 0.281 e. The molecule has 0 saturated carbocycles. The molecule has 0 atom stereocenters. The molecule has 0 heterocycles. The second-order valence-corrected chi connectivity index (χ2v) is 7.13. The predicted octanol–water partition coefficient (Wildman–Crippen LogP) is 1.57. The summed E-state index contributed by atoms with van der Waals surface area (Å²) in [7, 11) is 0. The average molecular weight is 398 g/mol. The van der Waals surface area contributed by atoms with E-state index in [2.05, 4.69) is 56.8 Å². The van der Waals surface area contributed by atoms with E-state index < -0.39 is 0 Å². The summed E-state index contributed by atoms with van der Waals surface area (Å²) in [5.41, 5.74) is 0. The van der Waals surface area contributed by atoms with Crippen LogP contribution in [0.1, 0.15) is 12.8 Å². The monoisotopic (exact) mass is 398 g/mol. The molecule has 0 aromatic carbocycles. The van der Waals surface area contributed by atoms with Gasteiger partial charge in [-0.05, 0) is 0 Å². The molecule has 86 valence electrons. The van der Waals surface area contributed by atoms with Gasteiger partial charge in [-0.3, -0.25) is 14.4 Å². The van der Waals surface area contributed by atoms with Crippen molar-refractivity contribution in [3.63, 3.8) is 0 Å². The Hall–Kier alpha value is -1.34. The Morgan fingerprint density at radius 2 is 1.12 bits per heavy atom. The van der Waals surface area contributed by atoms with E-state index in [1.54, 1.807) is 7.93 Å². The van der Waals surface area contributed by atoms with Crippen LogP contribution in [0.25, 0.3) is 0 Å². The van der Waals surface area contributed by atoms with Crippen molar-refractivity contribution in [2.45, 2.75) is 12.8 Å². The molecule has 3 nitrogen and oxygen atoms in total.